The molecule has 0 saturated carbocycles. The first-order valence-electron chi connectivity index (χ1n) is 8.84. The molecule has 2 saturated heterocycles. The number of aromatic nitrogens is 1. The van der Waals surface area contributed by atoms with Gasteiger partial charge >= 0.3 is 0 Å². The van der Waals surface area contributed by atoms with Crippen LogP contribution in [-0.2, 0) is 6.54 Å². The first-order valence-corrected chi connectivity index (χ1v) is 9.65. The SMILES string of the molecule is C=CC[C@@]1(CO)CCCN(C(=O)c2cnc(CN3CCCC3)s2)C1. The minimum Gasteiger partial charge on any atom is -0.396 e. The summed E-state index contributed by atoms with van der Waals surface area (Å²) in [5, 5.41) is 10.8. The summed E-state index contributed by atoms with van der Waals surface area (Å²) >= 11 is 1.52. The van der Waals surface area contributed by atoms with Gasteiger partial charge in [-0.05, 0) is 45.2 Å². The second-order valence-electron chi connectivity index (χ2n) is 7.08. The fraction of sp³-hybridized carbons (Fsp3) is 0.667. The van der Waals surface area contributed by atoms with Crippen LogP contribution in [0.1, 0.15) is 46.8 Å². The van der Waals surface area contributed by atoms with Crippen LogP contribution in [0.2, 0.25) is 0 Å². The van der Waals surface area contributed by atoms with Crippen molar-refractivity contribution in [3.63, 3.8) is 0 Å². The van der Waals surface area contributed by atoms with Crippen LogP contribution in [-0.4, -0.2) is 58.6 Å². The summed E-state index contributed by atoms with van der Waals surface area (Å²) in [4.78, 5) is 22.3. The lowest BCUT2D eigenvalue weighted by Crippen LogP contribution is -2.47. The van der Waals surface area contributed by atoms with Gasteiger partial charge < -0.3 is 10.0 Å². The van der Waals surface area contributed by atoms with Gasteiger partial charge in [0.25, 0.3) is 5.91 Å². The number of likely N-dealkylation sites (tertiary alicyclic amines) is 2. The fourth-order valence-electron chi connectivity index (χ4n) is 3.82. The Morgan fingerprint density at radius 2 is 2.17 bits per heavy atom. The number of piperidine rings is 1. The summed E-state index contributed by atoms with van der Waals surface area (Å²) in [6.07, 6.45) is 8.72. The van der Waals surface area contributed by atoms with Crippen molar-refractivity contribution in [1.29, 1.82) is 0 Å². The Morgan fingerprint density at radius 3 is 2.88 bits per heavy atom. The minimum atomic E-state index is -0.223. The highest BCUT2D eigenvalue weighted by atomic mass is 32.1. The van der Waals surface area contributed by atoms with Crippen LogP contribution in [0.5, 0.6) is 0 Å². The van der Waals surface area contributed by atoms with Crippen LogP contribution in [0.4, 0.5) is 0 Å². The maximum Gasteiger partial charge on any atom is 0.265 e. The Hall–Kier alpha value is -1.24. The molecule has 0 aromatic carbocycles. The molecule has 0 spiro atoms. The molecule has 0 unspecified atom stereocenters. The molecule has 2 aliphatic rings. The number of thiazole rings is 1. The van der Waals surface area contributed by atoms with E-state index < -0.39 is 0 Å². The molecule has 2 aliphatic heterocycles. The molecule has 6 heteroatoms. The van der Waals surface area contributed by atoms with E-state index in [0.29, 0.717) is 6.54 Å². The first-order chi connectivity index (χ1) is 11.7. The van der Waals surface area contributed by atoms with Gasteiger partial charge in [-0.1, -0.05) is 6.08 Å². The highest BCUT2D eigenvalue weighted by Gasteiger charge is 2.36. The van der Waals surface area contributed by atoms with Crippen molar-refractivity contribution in [1.82, 2.24) is 14.8 Å². The second-order valence-corrected chi connectivity index (χ2v) is 8.20. The number of carbonyl (C=O) groups is 1. The van der Waals surface area contributed by atoms with Crippen LogP contribution >= 0.6 is 11.3 Å². The third-order valence-electron chi connectivity index (χ3n) is 5.18. The Bertz CT molecular complexity index is 583. The highest BCUT2D eigenvalue weighted by Crippen LogP contribution is 2.34. The third kappa shape index (κ3) is 3.87. The van der Waals surface area contributed by atoms with Gasteiger partial charge in [-0.15, -0.1) is 17.9 Å². The summed E-state index contributed by atoms with van der Waals surface area (Å²) in [5.74, 6) is 0.0572. The van der Waals surface area contributed by atoms with Crippen molar-refractivity contribution < 1.29 is 9.90 Å². The molecule has 3 heterocycles. The number of amides is 1. The quantitative estimate of drug-likeness (QED) is 0.802. The normalized spacial score (nSPS) is 25.1. The van der Waals surface area contributed by atoms with Gasteiger partial charge in [-0.2, -0.15) is 0 Å². The van der Waals surface area contributed by atoms with Crippen molar-refractivity contribution in [2.45, 2.75) is 38.6 Å². The van der Waals surface area contributed by atoms with E-state index in [1.165, 1.54) is 24.2 Å². The van der Waals surface area contributed by atoms with E-state index in [9.17, 15) is 9.90 Å². The largest absolute Gasteiger partial charge is 0.396 e. The van der Waals surface area contributed by atoms with Crippen molar-refractivity contribution in [2.24, 2.45) is 5.41 Å². The first kappa shape index (κ1) is 17.6. The van der Waals surface area contributed by atoms with Crippen molar-refractivity contribution >= 4 is 17.2 Å². The maximum atomic E-state index is 12.8. The maximum absolute atomic E-state index is 12.8. The number of carbonyl (C=O) groups excluding carboxylic acids is 1. The number of nitrogens with zero attached hydrogens (tertiary/aromatic N) is 3. The molecule has 1 atom stereocenters. The number of aliphatic hydroxyl groups excluding tert-OH is 1. The van der Waals surface area contributed by atoms with Crippen molar-refractivity contribution in [3.05, 3.63) is 28.7 Å². The van der Waals surface area contributed by atoms with Gasteiger partial charge in [-0.25, -0.2) is 4.98 Å². The van der Waals surface area contributed by atoms with E-state index in [1.807, 2.05) is 11.0 Å². The lowest BCUT2D eigenvalue weighted by atomic mass is 9.78. The molecule has 1 N–H and O–H groups in total. The molecule has 132 valence electrons. The molecule has 1 amide bonds. The van der Waals surface area contributed by atoms with Gasteiger partial charge in [0.15, 0.2) is 0 Å². The zero-order valence-electron chi connectivity index (χ0n) is 14.2. The number of hydrogen-bond acceptors (Lipinski definition) is 5. The van der Waals surface area contributed by atoms with Gasteiger partial charge in [-0.3, -0.25) is 9.69 Å². The zero-order valence-corrected chi connectivity index (χ0v) is 15.1. The zero-order chi connectivity index (χ0) is 17.0. The van der Waals surface area contributed by atoms with Gasteiger partial charge in [0, 0.05) is 18.5 Å². The molecular formula is C18H27N3O2S. The van der Waals surface area contributed by atoms with Crippen LogP contribution in [0, 0.1) is 5.41 Å². The van der Waals surface area contributed by atoms with E-state index in [-0.39, 0.29) is 17.9 Å². The molecule has 1 aromatic heterocycles. The van der Waals surface area contributed by atoms with Crippen LogP contribution in [0.3, 0.4) is 0 Å². The van der Waals surface area contributed by atoms with Crippen molar-refractivity contribution in [3.8, 4) is 0 Å². The standard InChI is InChI=1S/C18H27N3O2S/c1-2-6-18(14-22)7-5-10-21(13-18)17(23)15-11-19-16(24-15)12-20-8-3-4-9-20/h2,11,22H,1,3-10,12-14H2/t18-/m1/s1. The Labute approximate surface area is 148 Å². The number of aliphatic hydroxyl groups is 1. The van der Waals surface area contributed by atoms with Crippen LogP contribution in [0.25, 0.3) is 0 Å². The topological polar surface area (TPSA) is 56.7 Å². The number of allylic oxidation sites excluding steroid dienone is 1. The van der Waals surface area contributed by atoms with E-state index >= 15 is 0 Å². The molecule has 24 heavy (non-hydrogen) atoms. The fourth-order valence-corrected chi connectivity index (χ4v) is 4.75. The lowest BCUT2D eigenvalue weighted by molar-refractivity contribution is 0.0288. The minimum absolute atomic E-state index is 0.0572. The monoisotopic (exact) mass is 349 g/mol. The summed E-state index contributed by atoms with van der Waals surface area (Å²) in [6.45, 7) is 8.39. The summed E-state index contributed by atoms with van der Waals surface area (Å²) in [6, 6.07) is 0. The number of hydrogen-bond donors (Lipinski definition) is 1. The third-order valence-corrected chi connectivity index (χ3v) is 6.15. The molecule has 2 fully saturated rings. The van der Waals surface area contributed by atoms with Crippen LogP contribution in [0.15, 0.2) is 18.9 Å². The molecule has 3 rings (SSSR count). The van der Waals surface area contributed by atoms with E-state index in [4.69, 9.17) is 0 Å². The van der Waals surface area contributed by atoms with E-state index in [2.05, 4.69) is 16.5 Å². The molecule has 1 aromatic rings. The summed E-state index contributed by atoms with van der Waals surface area (Å²) in [7, 11) is 0. The van der Waals surface area contributed by atoms with Crippen molar-refractivity contribution in [2.75, 3.05) is 32.8 Å². The highest BCUT2D eigenvalue weighted by molar-refractivity contribution is 7.13. The molecule has 5 nitrogen and oxygen atoms in total. The Morgan fingerprint density at radius 1 is 1.38 bits per heavy atom. The average molecular weight is 350 g/mol. The summed E-state index contributed by atoms with van der Waals surface area (Å²) < 4.78 is 0. The predicted molar refractivity (Wildman–Crippen MR) is 96.1 cm³/mol. The van der Waals surface area contributed by atoms with E-state index in [0.717, 1.165) is 55.3 Å². The Kier molecular flexibility index (Phi) is 5.69. The number of rotatable bonds is 6. The summed E-state index contributed by atoms with van der Waals surface area (Å²) in [5.41, 5.74) is -0.223. The van der Waals surface area contributed by atoms with E-state index in [1.54, 1.807) is 6.20 Å². The Balaban J connectivity index is 1.65. The lowest BCUT2D eigenvalue weighted by Gasteiger charge is -2.41. The molecule has 0 aliphatic carbocycles. The van der Waals surface area contributed by atoms with Crippen LogP contribution < -0.4 is 0 Å². The molecule has 0 radical (unpaired) electrons. The average Bonchev–Trinajstić information content (AvgIpc) is 3.27. The second kappa shape index (κ2) is 7.76. The molecule has 0 bridgehead atoms. The van der Waals surface area contributed by atoms with Gasteiger partial charge in [0.05, 0.1) is 19.3 Å². The predicted octanol–water partition coefficient (Wildman–Crippen LogP) is 2.53. The smallest absolute Gasteiger partial charge is 0.265 e. The van der Waals surface area contributed by atoms with Gasteiger partial charge in [0.1, 0.15) is 9.88 Å². The molecular weight excluding hydrogens is 322 g/mol. The van der Waals surface area contributed by atoms with Gasteiger partial charge in [0.2, 0.25) is 0 Å².